The van der Waals surface area contributed by atoms with E-state index < -0.39 is 11.4 Å². The summed E-state index contributed by atoms with van der Waals surface area (Å²) in [5, 5.41) is 10.0. The summed E-state index contributed by atoms with van der Waals surface area (Å²) < 4.78 is 16.4. The number of rotatable bonds is 10. The number of aromatic hydroxyl groups is 1. The zero-order valence-corrected chi connectivity index (χ0v) is 21.5. The number of thiol groups is 1. The third-order valence-electron chi connectivity index (χ3n) is 4.68. The second kappa shape index (κ2) is 14.5. The van der Waals surface area contributed by atoms with Crippen molar-refractivity contribution in [2.75, 3.05) is 19.8 Å². The average molecular weight is 505 g/mol. The summed E-state index contributed by atoms with van der Waals surface area (Å²) in [5.41, 5.74) is -0.830. The molecule has 8 heteroatoms. The maximum absolute atomic E-state index is 12.3. The van der Waals surface area contributed by atoms with E-state index in [-0.39, 0.29) is 17.2 Å². The van der Waals surface area contributed by atoms with Gasteiger partial charge in [-0.05, 0) is 56.2 Å². The number of carbonyl (C=O) groups excluding carboxylic acids is 1. The second-order valence-corrected chi connectivity index (χ2v) is 8.94. The van der Waals surface area contributed by atoms with Crippen LogP contribution >= 0.6 is 24.0 Å². The molecule has 3 rings (SSSR count). The fourth-order valence-electron chi connectivity index (χ4n) is 2.88. The highest BCUT2D eigenvalue weighted by Gasteiger charge is 2.20. The summed E-state index contributed by atoms with van der Waals surface area (Å²) in [6.45, 7) is 7.41. The van der Waals surface area contributed by atoms with Crippen molar-refractivity contribution in [3.8, 4) is 16.6 Å². The number of fused-ring (bicyclic) bond motifs is 1. The van der Waals surface area contributed by atoms with E-state index in [1.165, 1.54) is 6.42 Å². The molecule has 0 saturated carbocycles. The molecular formula is C26H32O6S2. The number of unbranched alkanes of at least 4 members (excludes halogenated alkanes) is 2. The zero-order chi connectivity index (χ0) is 24.9. The van der Waals surface area contributed by atoms with Gasteiger partial charge in [0.2, 0.25) is 5.43 Å². The first-order valence-electron chi connectivity index (χ1n) is 11.4. The highest BCUT2D eigenvalue weighted by Crippen LogP contribution is 2.30. The Morgan fingerprint density at radius 3 is 2.21 bits per heavy atom. The maximum atomic E-state index is 12.3. The van der Waals surface area contributed by atoms with E-state index in [0.29, 0.717) is 22.4 Å². The standard InChI is InChI=1S/C16H18O5S.C10H14OS/c1-3-5-8-21-10-6-7-11-12(9-10)22-16(19)13(14(11)17)15(18)20-4-2;1-2-3-7-11-9-5-4-6-10(12)8-9/h6-7,9,19H,3-5,8H2,1-2H3;4-6,8,12H,2-3,7H2,1H3. The largest absolute Gasteiger partial charge is 0.499 e. The van der Waals surface area contributed by atoms with Crippen molar-refractivity contribution in [3.63, 3.8) is 0 Å². The van der Waals surface area contributed by atoms with Gasteiger partial charge < -0.3 is 19.3 Å². The predicted molar refractivity (Wildman–Crippen MR) is 140 cm³/mol. The van der Waals surface area contributed by atoms with E-state index >= 15 is 0 Å². The SMILES string of the molecule is CCCCOc1ccc2c(=O)c(C(=O)OCC)c(O)sc2c1.CCCCOc1cccc(S)c1. The van der Waals surface area contributed by atoms with Crippen molar-refractivity contribution in [1.82, 2.24) is 0 Å². The van der Waals surface area contributed by atoms with Crippen LogP contribution < -0.4 is 14.9 Å². The Bertz CT molecular complexity index is 1130. The van der Waals surface area contributed by atoms with Crippen LogP contribution in [0.15, 0.2) is 52.2 Å². The van der Waals surface area contributed by atoms with Gasteiger partial charge in [-0.25, -0.2) is 4.79 Å². The van der Waals surface area contributed by atoms with Crippen LogP contribution in [0.5, 0.6) is 16.6 Å². The lowest BCUT2D eigenvalue weighted by molar-refractivity contribution is 0.0522. The minimum Gasteiger partial charge on any atom is -0.499 e. The van der Waals surface area contributed by atoms with Crippen LogP contribution in [-0.2, 0) is 4.74 Å². The summed E-state index contributed by atoms with van der Waals surface area (Å²) in [5.74, 6) is 0.752. The van der Waals surface area contributed by atoms with Gasteiger partial charge in [0, 0.05) is 15.0 Å². The molecular weight excluding hydrogens is 472 g/mol. The van der Waals surface area contributed by atoms with Gasteiger partial charge in [-0.1, -0.05) is 44.1 Å². The second-order valence-electron chi connectivity index (χ2n) is 7.39. The van der Waals surface area contributed by atoms with E-state index in [2.05, 4.69) is 26.5 Å². The molecule has 0 spiro atoms. The van der Waals surface area contributed by atoms with Gasteiger partial charge in [-0.15, -0.1) is 12.6 Å². The first-order chi connectivity index (χ1) is 16.4. The molecule has 0 unspecified atom stereocenters. The fourth-order valence-corrected chi connectivity index (χ4v) is 4.02. The molecule has 1 heterocycles. The number of ether oxygens (including phenoxy) is 3. The highest BCUT2D eigenvalue weighted by molar-refractivity contribution is 7.80. The number of carbonyl (C=O) groups is 1. The normalized spacial score (nSPS) is 10.4. The van der Waals surface area contributed by atoms with Gasteiger partial charge in [0.1, 0.15) is 11.5 Å². The van der Waals surface area contributed by atoms with Crippen molar-refractivity contribution in [3.05, 3.63) is 58.3 Å². The lowest BCUT2D eigenvalue weighted by atomic mass is 10.2. The molecule has 1 aromatic heterocycles. The van der Waals surface area contributed by atoms with Crippen LogP contribution in [0.4, 0.5) is 0 Å². The summed E-state index contributed by atoms with van der Waals surface area (Å²) in [6.07, 6.45) is 4.25. The van der Waals surface area contributed by atoms with Crippen molar-refractivity contribution in [2.24, 2.45) is 0 Å². The molecule has 0 bridgehead atoms. The molecule has 0 aliphatic carbocycles. The van der Waals surface area contributed by atoms with Crippen LogP contribution in [0, 0.1) is 0 Å². The monoisotopic (exact) mass is 504 g/mol. The molecule has 0 amide bonds. The minimum absolute atomic E-state index is 0.143. The first kappa shape index (κ1) is 27.5. The predicted octanol–water partition coefficient (Wildman–Crippen LogP) is 6.48. The van der Waals surface area contributed by atoms with Crippen LogP contribution in [0.2, 0.25) is 0 Å². The Morgan fingerprint density at radius 1 is 0.971 bits per heavy atom. The van der Waals surface area contributed by atoms with Crippen LogP contribution in [0.3, 0.4) is 0 Å². The lowest BCUT2D eigenvalue weighted by Gasteiger charge is -2.08. The van der Waals surface area contributed by atoms with E-state index in [1.807, 2.05) is 24.3 Å². The van der Waals surface area contributed by atoms with Crippen molar-refractivity contribution in [2.45, 2.75) is 51.3 Å². The number of hydrogen-bond acceptors (Lipinski definition) is 8. The summed E-state index contributed by atoms with van der Waals surface area (Å²) in [7, 11) is 0. The molecule has 3 aromatic rings. The van der Waals surface area contributed by atoms with Gasteiger partial charge in [0.15, 0.2) is 10.6 Å². The quantitative estimate of drug-likeness (QED) is 0.187. The van der Waals surface area contributed by atoms with Gasteiger partial charge in [-0.3, -0.25) is 4.79 Å². The number of benzene rings is 2. The minimum atomic E-state index is -0.800. The van der Waals surface area contributed by atoms with Crippen LogP contribution in [-0.4, -0.2) is 30.9 Å². The fraction of sp³-hybridized carbons (Fsp3) is 0.385. The molecule has 0 saturated heterocycles. The molecule has 184 valence electrons. The third-order valence-corrected chi connectivity index (χ3v) is 5.91. The smallest absolute Gasteiger partial charge is 0.346 e. The summed E-state index contributed by atoms with van der Waals surface area (Å²) >= 11 is 5.18. The van der Waals surface area contributed by atoms with E-state index in [4.69, 9.17) is 14.2 Å². The molecule has 0 atom stereocenters. The summed E-state index contributed by atoms with van der Waals surface area (Å²) in [6, 6.07) is 12.8. The molecule has 0 aliphatic heterocycles. The molecule has 6 nitrogen and oxygen atoms in total. The lowest BCUT2D eigenvalue weighted by Crippen LogP contribution is -2.17. The zero-order valence-electron chi connectivity index (χ0n) is 19.8. The number of hydrogen-bond donors (Lipinski definition) is 2. The van der Waals surface area contributed by atoms with Crippen LogP contribution in [0.25, 0.3) is 10.1 Å². The van der Waals surface area contributed by atoms with Crippen molar-refractivity contribution >= 4 is 40.0 Å². The van der Waals surface area contributed by atoms with E-state index in [0.717, 1.165) is 47.9 Å². The maximum Gasteiger partial charge on any atom is 0.346 e. The number of esters is 1. The van der Waals surface area contributed by atoms with Gasteiger partial charge in [0.05, 0.1) is 19.8 Å². The Kier molecular flexibility index (Phi) is 11.8. The summed E-state index contributed by atoms with van der Waals surface area (Å²) in [4.78, 5) is 25.1. The Labute approximate surface area is 209 Å². The third kappa shape index (κ3) is 8.25. The molecule has 1 N–H and O–H groups in total. The molecule has 34 heavy (non-hydrogen) atoms. The Hall–Kier alpha value is -2.71. The molecule has 0 fully saturated rings. The first-order valence-corrected chi connectivity index (χ1v) is 12.7. The van der Waals surface area contributed by atoms with Crippen LogP contribution in [0.1, 0.15) is 56.8 Å². The topological polar surface area (TPSA) is 82.1 Å². The van der Waals surface area contributed by atoms with Crippen molar-refractivity contribution in [1.29, 1.82) is 0 Å². The molecule has 2 aromatic carbocycles. The Morgan fingerprint density at radius 2 is 1.62 bits per heavy atom. The average Bonchev–Trinajstić information content (AvgIpc) is 2.80. The Balaban J connectivity index is 0.000000287. The molecule has 0 aliphatic rings. The van der Waals surface area contributed by atoms with E-state index in [9.17, 15) is 14.7 Å². The highest BCUT2D eigenvalue weighted by atomic mass is 32.1. The van der Waals surface area contributed by atoms with Crippen molar-refractivity contribution < 1.29 is 24.1 Å². The van der Waals surface area contributed by atoms with E-state index in [1.54, 1.807) is 25.1 Å². The van der Waals surface area contributed by atoms with Gasteiger partial charge in [-0.2, -0.15) is 0 Å². The van der Waals surface area contributed by atoms with Gasteiger partial charge in [0.25, 0.3) is 0 Å². The molecule has 0 radical (unpaired) electrons. The van der Waals surface area contributed by atoms with Gasteiger partial charge >= 0.3 is 5.97 Å².